The van der Waals surface area contributed by atoms with E-state index in [9.17, 15) is 12.8 Å². The van der Waals surface area contributed by atoms with E-state index in [1.807, 2.05) is 0 Å². The Balaban J connectivity index is 2.51. The van der Waals surface area contributed by atoms with Gasteiger partial charge in [-0.1, -0.05) is 6.07 Å². The molecule has 4 nitrogen and oxygen atoms in total. The minimum absolute atomic E-state index is 0.00702. The Kier molecular flexibility index (Phi) is 4.61. The van der Waals surface area contributed by atoms with Crippen molar-refractivity contribution < 1.29 is 12.8 Å². The predicted octanol–water partition coefficient (Wildman–Crippen LogP) is 0.832. The van der Waals surface area contributed by atoms with Crippen molar-refractivity contribution in [1.82, 2.24) is 5.32 Å². The third-order valence-electron chi connectivity index (χ3n) is 2.13. The summed E-state index contributed by atoms with van der Waals surface area (Å²) < 4.78 is 34.7. The molecule has 0 atom stereocenters. The van der Waals surface area contributed by atoms with Gasteiger partial charge in [0, 0.05) is 19.3 Å². The van der Waals surface area contributed by atoms with Gasteiger partial charge in [-0.25, -0.2) is 12.8 Å². The van der Waals surface area contributed by atoms with Gasteiger partial charge in [0.15, 0.2) is 0 Å². The summed E-state index contributed by atoms with van der Waals surface area (Å²) in [6.45, 7) is 0.739. The van der Waals surface area contributed by atoms with E-state index in [1.54, 1.807) is 12.1 Å². The number of benzene rings is 1. The van der Waals surface area contributed by atoms with Gasteiger partial charge in [-0.05, 0) is 17.7 Å². The van der Waals surface area contributed by atoms with Crippen LogP contribution < -0.4 is 5.32 Å². The SMILES string of the molecule is CS(=O)(=O)CCNCc1ccc(F)c(C#N)c1. The quantitative estimate of drug-likeness (QED) is 0.792. The first-order valence-electron chi connectivity index (χ1n) is 4.99. The van der Waals surface area contributed by atoms with Gasteiger partial charge < -0.3 is 5.32 Å². The highest BCUT2D eigenvalue weighted by atomic mass is 32.2. The first kappa shape index (κ1) is 13.6. The zero-order valence-electron chi connectivity index (χ0n) is 9.40. The second-order valence-electron chi connectivity index (χ2n) is 3.73. The van der Waals surface area contributed by atoms with E-state index in [2.05, 4.69) is 5.32 Å². The lowest BCUT2D eigenvalue weighted by molar-refractivity contribution is 0.596. The van der Waals surface area contributed by atoms with Gasteiger partial charge in [-0.3, -0.25) is 0 Å². The second-order valence-corrected chi connectivity index (χ2v) is 5.99. The molecule has 0 radical (unpaired) electrons. The van der Waals surface area contributed by atoms with Crippen molar-refractivity contribution in [3.05, 3.63) is 35.1 Å². The first-order chi connectivity index (χ1) is 7.92. The zero-order chi connectivity index (χ0) is 12.9. The second kappa shape index (κ2) is 5.75. The molecule has 0 aliphatic heterocycles. The number of nitriles is 1. The highest BCUT2D eigenvalue weighted by Gasteiger charge is 2.03. The Hall–Kier alpha value is -1.45. The van der Waals surface area contributed by atoms with Crippen LogP contribution in [0.25, 0.3) is 0 Å². The van der Waals surface area contributed by atoms with Crippen molar-refractivity contribution >= 4 is 9.84 Å². The van der Waals surface area contributed by atoms with Crippen LogP contribution in [0.5, 0.6) is 0 Å². The number of hydrogen-bond donors (Lipinski definition) is 1. The molecule has 0 fully saturated rings. The molecule has 0 spiro atoms. The number of sulfone groups is 1. The van der Waals surface area contributed by atoms with E-state index in [1.165, 1.54) is 18.4 Å². The number of hydrogen-bond acceptors (Lipinski definition) is 4. The molecule has 1 aromatic carbocycles. The molecule has 0 amide bonds. The fraction of sp³-hybridized carbons (Fsp3) is 0.364. The van der Waals surface area contributed by atoms with Crippen LogP contribution >= 0.6 is 0 Å². The average molecular weight is 256 g/mol. The smallest absolute Gasteiger partial charge is 0.148 e. The van der Waals surface area contributed by atoms with Crippen LogP contribution in [0.3, 0.4) is 0 Å². The van der Waals surface area contributed by atoms with Gasteiger partial charge in [0.2, 0.25) is 0 Å². The summed E-state index contributed by atoms with van der Waals surface area (Å²) in [7, 11) is -2.97. The summed E-state index contributed by atoms with van der Waals surface area (Å²) in [5, 5.41) is 11.5. The predicted molar refractivity (Wildman–Crippen MR) is 62.5 cm³/mol. The number of nitrogens with one attached hydrogen (secondary N) is 1. The zero-order valence-corrected chi connectivity index (χ0v) is 10.2. The Labute approximate surface area is 100.0 Å². The molecule has 1 aromatic rings. The Morgan fingerprint density at radius 2 is 2.18 bits per heavy atom. The molecular weight excluding hydrogens is 243 g/mol. The van der Waals surface area contributed by atoms with Crippen molar-refractivity contribution in [2.24, 2.45) is 0 Å². The summed E-state index contributed by atoms with van der Waals surface area (Å²) in [4.78, 5) is 0. The lowest BCUT2D eigenvalue weighted by Crippen LogP contribution is -2.22. The lowest BCUT2D eigenvalue weighted by Gasteiger charge is -2.04. The van der Waals surface area contributed by atoms with Crippen LogP contribution in [-0.4, -0.2) is 27.0 Å². The maximum Gasteiger partial charge on any atom is 0.148 e. The van der Waals surface area contributed by atoms with Gasteiger partial charge in [-0.2, -0.15) is 5.26 Å². The van der Waals surface area contributed by atoms with Crippen LogP contribution in [-0.2, 0) is 16.4 Å². The van der Waals surface area contributed by atoms with E-state index in [-0.39, 0.29) is 11.3 Å². The molecule has 1 rings (SSSR count). The molecule has 92 valence electrons. The largest absolute Gasteiger partial charge is 0.312 e. The third-order valence-corrected chi connectivity index (χ3v) is 3.08. The minimum atomic E-state index is -2.97. The molecule has 0 unspecified atom stereocenters. The number of halogens is 1. The van der Waals surface area contributed by atoms with Gasteiger partial charge in [0.25, 0.3) is 0 Å². The van der Waals surface area contributed by atoms with Crippen LogP contribution in [0.2, 0.25) is 0 Å². The molecule has 0 aromatic heterocycles. The summed E-state index contributed by atoms with van der Waals surface area (Å²) in [5.41, 5.74) is 0.740. The Bertz CT molecular complexity index is 535. The summed E-state index contributed by atoms with van der Waals surface area (Å²) in [6, 6.07) is 5.99. The van der Waals surface area contributed by atoms with Crippen molar-refractivity contribution in [2.75, 3.05) is 18.6 Å². The monoisotopic (exact) mass is 256 g/mol. The molecule has 1 N–H and O–H groups in total. The van der Waals surface area contributed by atoms with Crippen molar-refractivity contribution in [2.45, 2.75) is 6.54 Å². The number of nitrogens with zero attached hydrogens (tertiary/aromatic N) is 1. The normalized spacial score (nSPS) is 11.1. The highest BCUT2D eigenvalue weighted by molar-refractivity contribution is 7.90. The molecule has 6 heteroatoms. The highest BCUT2D eigenvalue weighted by Crippen LogP contribution is 2.09. The van der Waals surface area contributed by atoms with Gasteiger partial charge in [-0.15, -0.1) is 0 Å². The first-order valence-corrected chi connectivity index (χ1v) is 7.05. The molecule has 0 aliphatic rings. The van der Waals surface area contributed by atoms with Crippen molar-refractivity contribution in [3.63, 3.8) is 0 Å². The molecular formula is C11H13FN2O2S. The Morgan fingerprint density at radius 1 is 1.47 bits per heavy atom. The van der Waals surface area contributed by atoms with Crippen LogP contribution in [0.15, 0.2) is 18.2 Å². The topological polar surface area (TPSA) is 70.0 Å². The van der Waals surface area contributed by atoms with Crippen LogP contribution in [0.4, 0.5) is 4.39 Å². The average Bonchev–Trinajstić information content (AvgIpc) is 2.25. The maximum atomic E-state index is 13.0. The van der Waals surface area contributed by atoms with E-state index in [0.717, 1.165) is 5.56 Å². The molecule has 0 saturated carbocycles. The van der Waals surface area contributed by atoms with E-state index in [0.29, 0.717) is 13.1 Å². The van der Waals surface area contributed by atoms with E-state index in [4.69, 9.17) is 5.26 Å². The van der Waals surface area contributed by atoms with Crippen LogP contribution in [0.1, 0.15) is 11.1 Å². The summed E-state index contributed by atoms with van der Waals surface area (Å²) >= 11 is 0. The van der Waals surface area contributed by atoms with Gasteiger partial charge in [0.05, 0.1) is 11.3 Å². The van der Waals surface area contributed by atoms with E-state index >= 15 is 0 Å². The molecule has 0 saturated heterocycles. The summed E-state index contributed by atoms with van der Waals surface area (Å²) in [5.74, 6) is -0.494. The summed E-state index contributed by atoms with van der Waals surface area (Å²) in [6.07, 6.45) is 1.17. The van der Waals surface area contributed by atoms with Gasteiger partial charge in [0.1, 0.15) is 21.7 Å². The fourth-order valence-corrected chi connectivity index (χ4v) is 1.77. The standard InChI is InChI=1S/C11H13FN2O2S/c1-17(15,16)5-4-14-8-9-2-3-11(12)10(6-9)7-13/h2-3,6,14H,4-5,8H2,1H3. The molecule has 0 heterocycles. The van der Waals surface area contributed by atoms with Crippen molar-refractivity contribution in [1.29, 1.82) is 5.26 Å². The Morgan fingerprint density at radius 3 is 2.76 bits per heavy atom. The molecule has 17 heavy (non-hydrogen) atoms. The molecule has 0 bridgehead atoms. The fourth-order valence-electron chi connectivity index (χ4n) is 1.26. The van der Waals surface area contributed by atoms with Gasteiger partial charge >= 0.3 is 0 Å². The minimum Gasteiger partial charge on any atom is -0.312 e. The maximum absolute atomic E-state index is 13.0. The lowest BCUT2D eigenvalue weighted by atomic mass is 10.1. The van der Waals surface area contributed by atoms with Crippen LogP contribution in [0, 0.1) is 17.1 Å². The number of rotatable bonds is 5. The van der Waals surface area contributed by atoms with E-state index < -0.39 is 15.7 Å². The third kappa shape index (κ3) is 4.93. The van der Waals surface area contributed by atoms with Crippen molar-refractivity contribution in [3.8, 4) is 6.07 Å². The molecule has 0 aliphatic carbocycles.